The van der Waals surface area contributed by atoms with Crippen LogP contribution >= 0.6 is 17.0 Å². The highest BCUT2D eigenvalue weighted by molar-refractivity contribution is 8.93. The first-order valence-corrected chi connectivity index (χ1v) is 4.87. The fraction of sp³-hybridized carbons (Fsp3) is 0.500. The van der Waals surface area contributed by atoms with Gasteiger partial charge in [0.15, 0.2) is 0 Å². The first-order valence-electron chi connectivity index (χ1n) is 4.87. The normalized spacial score (nSPS) is 22.9. The molecule has 2 heteroatoms. The lowest BCUT2D eigenvalue weighted by atomic mass is 9.81. The summed E-state index contributed by atoms with van der Waals surface area (Å²) in [6.07, 6.45) is 0. The van der Waals surface area contributed by atoms with Gasteiger partial charge < -0.3 is 4.90 Å². The third-order valence-electron chi connectivity index (χ3n) is 3.60. The van der Waals surface area contributed by atoms with Crippen LogP contribution in [0.2, 0.25) is 0 Å². The number of fused-ring (bicyclic) bond motifs is 1. The van der Waals surface area contributed by atoms with Crippen LogP contribution in [0.5, 0.6) is 0 Å². The van der Waals surface area contributed by atoms with E-state index in [9.17, 15) is 0 Å². The highest BCUT2D eigenvalue weighted by Crippen LogP contribution is 2.43. The molecule has 1 atom stereocenters. The summed E-state index contributed by atoms with van der Waals surface area (Å²) in [4.78, 5) is 2.37. The Labute approximate surface area is 96.9 Å². The van der Waals surface area contributed by atoms with Gasteiger partial charge in [-0.25, -0.2) is 0 Å². The minimum Gasteiger partial charge on any atom is -0.371 e. The van der Waals surface area contributed by atoms with Gasteiger partial charge in [0.05, 0.1) is 0 Å². The molecule has 0 bridgehead atoms. The first-order chi connectivity index (χ1) is 6.05. The molecule has 0 fully saturated rings. The third-order valence-corrected chi connectivity index (χ3v) is 3.60. The van der Waals surface area contributed by atoms with Gasteiger partial charge in [-0.05, 0) is 18.6 Å². The van der Waals surface area contributed by atoms with Crippen LogP contribution in [0.1, 0.15) is 26.3 Å². The lowest BCUT2D eigenvalue weighted by molar-refractivity contribution is 0.454. The second-order valence-electron chi connectivity index (χ2n) is 4.53. The summed E-state index contributed by atoms with van der Waals surface area (Å²) in [6, 6.07) is 9.29. The van der Waals surface area contributed by atoms with Crippen molar-refractivity contribution >= 4 is 22.7 Å². The molecular weight excluding hydrogens is 238 g/mol. The molecule has 0 saturated carbocycles. The van der Waals surface area contributed by atoms with Gasteiger partial charge >= 0.3 is 0 Å². The number of hydrogen-bond acceptors (Lipinski definition) is 1. The fourth-order valence-corrected chi connectivity index (χ4v) is 2.24. The van der Waals surface area contributed by atoms with Gasteiger partial charge in [0, 0.05) is 24.2 Å². The smallest absolute Gasteiger partial charge is 0.0405 e. The van der Waals surface area contributed by atoms with Gasteiger partial charge in [-0.3, -0.25) is 0 Å². The van der Waals surface area contributed by atoms with Gasteiger partial charge in [0.1, 0.15) is 0 Å². The SMILES string of the molecule is Br.CC1N(C)c2ccccc2C1(C)C. The summed E-state index contributed by atoms with van der Waals surface area (Å²) in [5.74, 6) is 0. The second kappa shape index (κ2) is 3.58. The highest BCUT2D eigenvalue weighted by atomic mass is 79.9. The molecule has 0 aliphatic carbocycles. The van der Waals surface area contributed by atoms with Crippen LogP contribution < -0.4 is 4.90 Å². The minimum atomic E-state index is 0. The fourth-order valence-electron chi connectivity index (χ4n) is 2.24. The molecule has 1 nitrogen and oxygen atoms in total. The Morgan fingerprint density at radius 3 is 2.36 bits per heavy atom. The molecule has 0 radical (unpaired) electrons. The quantitative estimate of drug-likeness (QED) is 0.687. The number of anilines is 1. The van der Waals surface area contributed by atoms with Crippen LogP contribution in [0.15, 0.2) is 24.3 Å². The maximum atomic E-state index is 2.37. The lowest BCUT2D eigenvalue weighted by Crippen LogP contribution is -2.36. The number of halogens is 1. The topological polar surface area (TPSA) is 3.24 Å². The number of hydrogen-bond donors (Lipinski definition) is 0. The van der Waals surface area contributed by atoms with E-state index < -0.39 is 0 Å². The van der Waals surface area contributed by atoms with E-state index in [1.807, 2.05) is 0 Å². The van der Waals surface area contributed by atoms with Crippen LogP contribution in [0, 0.1) is 0 Å². The molecule has 1 unspecified atom stereocenters. The maximum Gasteiger partial charge on any atom is 0.0405 e. The van der Waals surface area contributed by atoms with Gasteiger partial charge in [0.2, 0.25) is 0 Å². The van der Waals surface area contributed by atoms with E-state index in [-0.39, 0.29) is 22.4 Å². The number of likely N-dealkylation sites (N-methyl/N-ethyl adjacent to an activating group) is 1. The van der Waals surface area contributed by atoms with Gasteiger partial charge in [0.25, 0.3) is 0 Å². The van der Waals surface area contributed by atoms with Crippen molar-refractivity contribution in [2.75, 3.05) is 11.9 Å². The molecule has 0 aromatic heterocycles. The zero-order chi connectivity index (χ0) is 9.64. The molecule has 1 aliphatic rings. The Bertz CT molecular complexity index is 333. The summed E-state index contributed by atoms with van der Waals surface area (Å²) in [6.45, 7) is 6.93. The van der Waals surface area contributed by atoms with Crippen LogP contribution in [0.25, 0.3) is 0 Å². The standard InChI is InChI=1S/C12H17N.BrH/c1-9-12(2,3)10-7-5-6-8-11(10)13(9)4;/h5-9H,1-4H3;1H. The average Bonchev–Trinajstić information content (AvgIpc) is 2.30. The first kappa shape index (κ1) is 11.6. The van der Waals surface area contributed by atoms with E-state index in [0.717, 1.165) is 0 Å². The van der Waals surface area contributed by atoms with E-state index in [1.54, 1.807) is 0 Å². The highest BCUT2D eigenvalue weighted by Gasteiger charge is 2.39. The zero-order valence-corrected chi connectivity index (χ0v) is 11.0. The monoisotopic (exact) mass is 255 g/mol. The van der Waals surface area contributed by atoms with Gasteiger partial charge in [-0.15, -0.1) is 17.0 Å². The van der Waals surface area contributed by atoms with Crippen molar-refractivity contribution in [1.29, 1.82) is 0 Å². The minimum absolute atomic E-state index is 0. The number of benzene rings is 1. The summed E-state index contributed by atoms with van der Waals surface area (Å²) in [5.41, 5.74) is 3.15. The van der Waals surface area contributed by atoms with E-state index in [2.05, 4.69) is 57.0 Å². The number of nitrogens with zero attached hydrogens (tertiary/aromatic N) is 1. The Morgan fingerprint density at radius 2 is 1.79 bits per heavy atom. The van der Waals surface area contributed by atoms with Crippen molar-refractivity contribution in [2.24, 2.45) is 0 Å². The molecule has 1 aliphatic heterocycles. The number of para-hydroxylation sites is 1. The largest absolute Gasteiger partial charge is 0.371 e. The van der Waals surface area contributed by atoms with Crippen LogP contribution in [-0.4, -0.2) is 13.1 Å². The van der Waals surface area contributed by atoms with Crippen LogP contribution in [-0.2, 0) is 5.41 Å². The van der Waals surface area contributed by atoms with Crippen molar-refractivity contribution in [1.82, 2.24) is 0 Å². The molecule has 0 N–H and O–H groups in total. The molecule has 78 valence electrons. The predicted octanol–water partition coefficient (Wildman–Crippen LogP) is 3.38. The molecule has 1 heterocycles. The molecule has 14 heavy (non-hydrogen) atoms. The van der Waals surface area contributed by atoms with Crippen LogP contribution in [0.4, 0.5) is 5.69 Å². The molecule has 0 spiro atoms. The summed E-state index contributed by atoms with van der Waals surface area (Å²) in [7, 11) is 2.18. The van der Waals surface area contributed by atoms with Crippen molar-refractivity contribution < 1.29 is 0 Å². The van der Waals surface area contributed by atoms with E-state index in [1.165, 1.54) is 11.3 Å². The lowest BCUT2D eigenvalue weighted by Gasteiger charge is -2.28. The van der Waals surface area contributed by atoms with E-state index in [0.29, 0.717) is 6.04 Å². The molecule has 0 amide bonds. The van der Waals surface area contributed by atoms with Crippen molar-refractivity contribution in [3.05, 3.63) is 29.8 Å². The Kier molecular flexibility index (Phi) is 2.96. The Morgan fingerprint density at radius 1 is 1.21 bits per heavy atom. The summed E-state index contributed by atoms with van der Waals surface area (Å²) < 4.78 is 0. The summed E-state index contributed by atoms with van der Waals surface area (Å²) in [5, 5.41) is 0. The van der Waals surface area contributed by atoms with Crippen molar-refractivity contribution in [3.8, 4) is 0 Å². The number of rotatable bonds is 0. The average molecular weight is 256 g/mol. The third kappa shape index (κ3) is 1.36. The molecule has 1 aromatic carbocycles. The van der Waals surface area contributed by atoms with Crippen molar-refractivity contribution in [3.63, 3.8) is 0 Å². The van der Waals surface area contributed by atoms with E-state index >= 15 is 0 Å². The molecule has 0 saturated heterocycles. The summed E-state index contributed by atoms with van der Waals surface area (Å²) >= 11 is 0. The van der Waals surface area contributed by atoms with E-state index in [4.69, 9.17) is 0 Å². The van der Waals surface area contributed by atoms with Crippen LogP contribution in [0.3, 0.4) is 0 Å². The molecule has 1 aromatic rings. The predicted molar refractivity (Wildman–Crippen MR) is 67.7 cm³/mol. The molecular formula is C12H18BrN. The zero-order valence-electron chi connectivity index (χ0n) is 9.24. The maximum absolute atomic E-state index is 2.37. The van der Waals surface area contributed by atoms with Crippen molar-refractivity contribution in [2.45, 2.75) is 32.2 Å². The Balaban J connectivity index is 0.000000980. The molecule has 2 rings (SSSR count). The van der Waals surface area contributed by atoms with Gasteiger partial charge in [-0.2, -0.15) is 0 Å². The Hall–Kier alpha value is -0.500. The second-order valence-corrected chi connectivity index (χ2v) is 4.53. The van der Waals surface area contributed by atoms with Gasteiger partial charge in [-0.1, -0.05) is 32.0 Å².